The Hall–Kier alpha value is -3.58. The number of nitrogens with two attached hydrogens (primary N) is 4. The number of rotatable bonds is 6. The summed E-state index contributed by atoms with van der Waals surface area (Å²) in [7, 11) is 1.91. The zero-order chi connectivity index (χ0) is 24.3. The Balaban J connectivity index is 1.54. The van der Waals surface area contributed by atoms with Crippen LogP contribution in [-0.4, -0.2) is 77.9 Å². The van der Waals surface area contributed by atoms with E-state index in [0.29, 0.717) is 52.2 Å². The predicted octanol–water partition coefficient (Wildman–Crippen LogP) is -0.0778. The molecule has 33 heavy (non-hydrogen) atoms. The Morgan fingerprint density at radius 3 is 1.79 bits per heavy atom. The lowest BCUT2D eigenvalue weighted by Gasteiger charge is -2.41. The van der Waals surface area contributed by atoms with Crippen molar-refractivity contribution in [2.24, 2.45) is 0 Å². The van der Waals surface area contributed by atoms with E-state index in [2.05, 4.69) is 0 Å². The van der Waals surface area contributed by atoms with Crippen LogP contribution in [-0.2, 0) is 9.59 Å². The number of hydroxylamine groups is 2. The molecule has 0 atom stereocenters. The third kappa shape index (κ3) is 5.62. The van der Waals surface area contributed by atoms with Gasteiger partial charge >= 0.3 is 5.91 Å². The van der Waals surface area contributed by atoms with Gasteiger partial charge in [-0.2, -0.15) is 10.1 Å². The second-order valence-corrected chi connectivity index (χ2v) is 8.55. The van der Waals surface area contributed by atoms with Crippen LogP contribution in [0.5, 0.6) is 0 Å². The van der Waals surface area contributed by atoms with Gasteiger partial charge in [-0.1, -0.05) is 0 Å². The molecule has 0 radical (unpaired) electrons. The van der Waals surface area contributed by atoms with Crippen LogP contribution in [0.1, 0.15) is 0 Å². The lowest BCUT2D eigenvalue weighted by Crippen LogP contribution is -2.61. The van der Waals surface area contributed by atoms with Crippen molar-refractivity contribution in [2.75, 3.05) is 79.4 Å². The summed E-state index contributed by atoms with van der Waals surface area (Å²) in [6.07, 6.45) is 0. The molecule has 1 fully saturated rings. The van der Waals surface area contributed by atoms with E-state index in [1.165, 1.54) is 24.3 Å². The van der Waals surface area contributed by atoms with Crippen molar-refractivity contribution in [1.29, 1.82) is 0 Å². The molecule has 12 nitrogen and oxygen atoms in total. The Kier molecular flexibility index (Phi) is 6.93. The smallest absolute Gasteiger partial charge is 0.305 e. The van der Waals surface area contributed by atoms with E-state index < -0.39 is 11.8 Å². The van der Waals surface area contributed by atoms with Crippen molar-refractivity contribution in [3.05, 3.63) is 36.4 Å². The first-order valence-corrected chi connectivity index (χ1v) is 10.4. The van der Waals surface area contributed by atoms with E-state index >= 15 is 0 Å². The van der Waals surface area contributed by atoms with Crippen LogP contribution in [0.4, 0.5) is 34.1 Å². The lowest BCUT2D eigenvalue weighted by molar-refractivity contribution is -0.906. The minimum Gasteiger partial charge on any atom is -0.399 e. The first kappa shape index (κ1) is 24.1. The zero-order valence-electron chi connectivity index (χ0n) is 18.5. The van der Waals surface area contributed by atoms with Crippen LogP contribution in [0.15, 0.2) is 36.4 Å². The average molecular weight is 460 g/mol. The molecule has 0 saturated carbocycles. The summed E-state index contributed by atoms with van der Waals surface area (Å²) >= 11 is 0. The number of quaternary nitrogens is 1. The molecular formula is C21H31N8O4+. The van der Waals surface area contributed by atoms with Crippen molar-refractivity contribution < 1.29 is 24.5 Å². The fraction of sp³-hybridized carbons (Fsp3) is 0.333. The number of hydrogen-bond donors (Lipinski definition) is 6. The molecule has 3 rings (SSSR count). The number of nitrogens with zero attached hydrogens (tertiary/aromatic N) is 4. The normalized spacial score (nSPS) is 15.7. The summed E-state index contributed by atoms with van der Waals surface area (Å²) < 4.78 is 0.378. The molecule has 178 valence electrons. The first-order chi connectivity index (χ1) is 15.5. The molecular weight excluding hydrogens is 428 g/mol. The fourth-order valence-corrected chi connectivity index (χ4v) is 3.76. The van der Waals surface area contributed by atoms with Gasteiger partial charge < -0.3 is 27.4 Å². The molecule has 2 amide bonds. The molecule has 2 aromatic rings. The molecule has 0 unspecified atom stereocenters. The van der Waals surface area contributed by atoms with E-state index in [9.17, 15) is 20.0 Å². The van der Waals surface area contributed by atoms with Crippen LogP contribution in [0.25, 0.3) is 0 Å². The molecule has 1 aliphatic heterocycles. The molecule has 0 bridgehead atoms. The van der Waals surface area contributed by atoms with Crippen LogP contribution < -0.4 is 33.1 Å². The fourth-order valence-electron chi connectivity index (χ4n) is 3.76. The van der Waals surface area contributed by atoms with E-state index in [1.54, 1.807) is 12.1 Å². The Morgan fingerprint density at radius 1 is 0.879 bits per heavy atom. The van der Waals surface area contributed by atoms with Crippen molar-refractivity contribution >= 4 is 45.9 Å². The van der Waals surface area contributed by atoms with Gasteiger partial charge in [0.15, 0.2) is 6.54 Å². The van der Waals surface area contributed by atoms with Gasteiger partial charge in [0, 0.05) is 24.5 Å². The highest BCUT2D eigenvalue weighted by atomic mass is 16.5. The highest BCUT2D eigenvalue weighted by Gasteiger charge is 2.34. The maximum absolute atomic E-state index is 12.7. The second-order valence-electron chi connectivity index (χ2n) is 8.55. The van der Waals surface area contributed by atoms with Gasteiger partial charge in [-0.15, -0.1) is 0 Å². The summed E-state index contributed by atoms with van der Waals surface area (Å²) in [5.41, 5.74) is 24.6. The van der Waals surface area contributed by atoms with E-state index in [-0.39, 0.29) is 35.8 Å². The van der Waals surface area contributed by atoms with Crippen molar-refractivity contribution in [3.8, 4) is 0 Å². The second kappa shape index (κ2) is 9.50. The van der Waals surface area contributed by atoms with Crippen LogP contribution in [0.3, 0.4) is 0 Å². The quantitative estimate of drug-likeness (QED) is 0.149. The number of anilines is 6. The van der Waals surface area contributed by atoms with Crippen molar-refractivity contribution in [1.82, 2.24) is 4.90 Å². The zero-order valence-corrected chi connectivity index (χ0v) is 18.5. The van der Waals surface area contributed by atoms with E-state index in [0.717, 1.165) is 0 Å². The van der Waals surface area contributed by atoms with Crippen molar-refractivity contribution in [3.63, 3.8) is 0 Å². The lowest BCUT2D eigenvalue weighted by atomic mass is 10.2. The molecule has 1 aliphatic rings. The molecule has 0 aliphatic carbocycles. The highest BCUT2D eigenvalue weighted by molar-refractivity contribution is 5.96. The summed E-state index contributed by atoms with van der Waals surface area (Å²) in [5, 5.41) is 21.7. The summed E-state index contributed by atoms with van der Waals surface area (Å²) in [5.74, 6) is -1.03. The van der Waals surface area contributed by atoms with Gasteiger partial charge in [-0.25, -0.2) is 0 Å². The number of piperazine rings is 1. The van der Waals surface area contributed by atoms with E-state index in [1.807, 2.05) is 11.9 Å². The Labute approximate surface area is 191 Å². The molecule has 1 heterocycles. The summed E-state index contributed by atoms with van der Waals surface area (Å²) in [4.78, 5) is 27.1. The number of nitrogen functional groups attached to an aromatic ring is 4. The van der Waals surface area contributed by atoms with Gasteiger partial charge in [0.05, 0.1) is 49.4 Å². The third-order valence-electron chi connectivity index (χ3n) is 5.82. The molecule has 1 saturated heterocycles. The SMILES string of the molecule is C[N+]1(CC(=O)N(O)c2ccc(N)cc2N)CCN(CC(=O)N(O)c2ccc(N)cc2N)CC1. The molecule has 2 aromatic carbocycles. The van der Waals surface area contributed by atoms with Gasteiger partial charge in [-0.3, -0.25) is 24.9 Å². The molecule has 0 spiro atoms. The standard InChI is InChI=1S/C21H31N8O4/c1-29(13-21(31)28(33)19-5-3-15(23)11-17(19)25)8-6-26(7-9-29)12-20(30)27(32)18-4-2-14(22)10-16(18)24/h2-5,10-11,32-33H,6-9,12-13,22-25H2,1H3/q+1. The Morgan fingerprint density at radius 2 is 1.33 bits per heavy atom. The first-order valence-electron chi connectivity index (χ1n) is 10.4. The number of carbonyl (C=O) groups is 2. The maximum atomic E-state index is 12.7. The number of amides is 2. The van der Waals surface area contributed by atoms with Gasteiger partial charge in [-0.05, 0) is 36.4 Å². The minimum absolute atomic E-state index is 0.0115. The van der Waals surface area contributed by atoms with E-state index in [4.69, 9.17) is 22.9 Å². The molecule has 12 heteroatoms. The maximum Gasteiger partial charge on any atom is 0.305 e. The Bertz CT molecular complexity index is 1040. The number of carbonyl (C=O) groups excluding carboxylic acids is 2. The van der Waals surface area contributed by atoms with Gasteiger partial charge in [0.1, 0.15) is 0 Å². The predicted molar refractivity (Wildman–Crippen MR) is 126 cm³/mol. The topological polar surface area (TPSA) is 188 Å². The number of benzene rings is 2. The van der Waals surface area contributed by atoms with Gasteiger partial charge in [0.2, 0.25) is 0 Å². The van der Waals surface area contributed by atoms with Gasteiger partial charge in [0.25, 0.3) is 5.91 Å². The third-order valence-corrected chi connectivity index (χ3v) is 5.82. The molecule has 0 aromatic heterocycles. The van der Waals surface area contributed by atoms with Crippen LogP contribution in [0.2, 0.25) is 0 Å². The number of likely N-dealkylation sites (N-methyl/N-ethyl adjacent to an activating group) is 1. The summed E-state index contributed by atoms with van der Waals surface area (Å²) in [6.45, 7) is 2.23. The largest absolute Gasteiger partial charge is 0.399 e. The minimum atomic E-state index is -0.529. The highest BCUT2D eigenvalue weighted by Crippen LogP contribution is 2.26. The molecule has 10 N–H and O–H groups in total. The number of hydrogen-bond acceptors (Lipinski definition) is 9. The van der Waals surface area contributed by atoms with Crippen LogP contribution >= 0.6 is 0 Å². The average Bonchev–Trinajstić information content (AvgIpc) is 2.74. The van der Waals surface area contributed by atoms with Crippen LogP contribution in [0, 0.1) is 0 Å². The van der Waals surface area contributed by atoms with Crippen molar-refractivity contribution in [2.45, 2.75) is 0 Å². The monoisotopic (exact) mass is 459 g/mol. The summed E-state index contributed by atoms with van der Waals surface area (Å²) in [6, 6.07) is 9.00.